The van der Waals surface area contributed by atoms with Gasteiger partial charge in [-0.2, -0.15) is 12.6 Å². The Labute approximate surface area is 93.6 Å². The molecule has 2 aliphatic rings. The van der Waals surface area contributed by atoms with Gasteiger partial charge in [0.25, 0.3) is 0 Å². The van der Waals surface area contributed by atoms with Crippen molar-refractivity contribution < 1.29 is 0 Å². The van der Waals surface area contributed by atoms with Crippen LogP contribution in [0.1, 0.15) is 46.5 Å². The lowest BCUT2D eigenvalue weighted by Crippen LogP contribution is -2.39. The summed E-state index contributed by atoms with van der Waals surface area (Å²) in [6.07, 6.45) is 7.67. The van der Waals surface area contributed by atoms with Crippen LogP contribution in [-0.2, 0) is 0 Å². The lowest BCUT2D eigenvalue weighted by atomic mass is 9.58. The van der Waals surface area contributed by atoms with Gasteiger partial charge in [-0.25, -0.2) is 0 Å². The van der Waals surface area contributed by atoms with Gasteiger partial charge in [0.1, 0.15) is 0 Å². The van der Waals surface area contributed by atoms with E-state index in [1.807, 2.05) is 0 Å². The van der Waals surface area contributed by atoms with Gasteiger partial charge in [-0.05, 0) is 42.9 Å². The van der Waals surface area contributed by atoms with Crippen LogP contribution in [0.2, 0.25) is 0 Å². The van der Waals surface area contributed by atoms with Crippen LogP contribution < -0.4 is 0 Å². The van der Waals surface area contributed by atoms with Gasteiger partial charge >= 0.3 is 0 Å². The average molecular weight is 210 g/mol. The predicted molar refractivity (Wildman–Crippen MR) is 65.8 cm³/mol. The smallest absolute Gasteiger partial charge is 0.00545 e. The first-order valence-corrected chi connectivity index (χ1v) is 6.43. The Balaban J connectivity index is 2.28. The molecule has 1 saturated carbocycles. The van der Waals surface area contributed by atoms with Crippen LogP contribution in [0.4, 0.5) is 0 Å². The second-order valence-corrected chi connectivity index (χ2v) is 6.28. The molecule has 0 N–H and O–H groups in total. The molecule has 0 nitrogen and oxygen atoms in total. The summed E-state index contributed by atoms with van der Waals surface area (Å²) in [4.78, 5) is 0. The minimum atomic E-state index is 0.497. The highest BCUT2D eigenvalue weighted by Gasteiger charge is 2.42. The van der Waals surface area contributed by atoms with E-state index in [1.165, 1.54) is 25.7 Å². The molecule has 2 rings (SSSR count). The molecular formula is C13H22S. The molecule has 1 fully saturated rings. The zero-order valence-electron chi connectivity index (χ0n) is 9.59. The first-order chi connectivity index (χ1) is 6.54. The van der Waals surface area contributed by atoms with Crippen molar-refractivity contribution in [1.82, 2.24) is 0 Å². The molecule has 0 saturated heterocycles. The van der Waals surface area contributed by atoms with Crippen LogP contribution in [0, 0.1) is 17.3 Å². The molecule has 0 spiro atoms. The van der Waals surface area contributed by atoms with Crippen LogP contribution in [0.25, 0.3) is 0 Å². The highest BCUT2D eigenvalue weighted by atomic mass is 32.1. The maximum absolute atomic E-state index is 4.63. The molecule has 0 aliphatic heterocycles. The zero-order chi connectivity index (χ0) is 10.3. The molecule has 80 valence electrons. The topological polar surface area (TPSA) is 0 Å². The number of thiol groups is 1. The van der Waals surface area contributed by atoms with Gasteiger partial charge in [0.15, 0.2) is 0 Å². The Bertz CT molecular complexity index is 256. The van der Waals surface area contributed by atoms with Gasteiger partial charge in [-0.15, -0.1) is 0 Å². The van der Waals surface area contributed by atoms with Crippen molar-refractivity contribution in [3.05, 3.63) is 11.6 Å². The Morgan fingerprint density at radius 1 is 1.43 bits per heavy atom. The number of hydrogen-bond acceptors (Lipinski definition) is 1. The molecule has 14 heavy (non-hydrogen) atoms. The van der Waals surface area contributed by atoms with Gasteiger partial charge in [-0.1, -0.05) is 32.4 Å². The highest BCUT2D eigenvalue weighted by molar-refractivity contribution is 7.80. The van der Waals surface area contributed by atoms with Crippen molar-refractivity contribution in [1.29, 1.82) is 0 Å². The second kappa shape index (κ2) is 3.59. The van der Waals surface area contributed by atoms with Gasteiger partial charge in [0.05, 0.1) is 0 Å². The standard InChI is InChI=1S/C13H22S/c1-9-4-5-11-8-12(14)6-7-13(11,3)10(9)2/h5,9-10,12,14H,4,6-8H2,1-3H3/t9?,10?,12-,13+/m0/s1. The lowest BCUT2D eigenvalue weighted by Gasteiger charge is -2.48. The molecule has 0 aromatic carbocycles. The summed E-state index contributed by atoms with van der Waals surface area (Å²) in [5.74, 6) is 1.71. The van der Waals surface area contributed by atoms with Crippen LogP contribution >= 0.6 is 12.6 Å². The van der Waals surface area contributed by atoms with Gasteiger partial charge in [0.2, 0.25) is 0 Å². The number of fused-ring (bicyclic) bond motifs is 1. The van der Waals surface area contributed by atoms with E-state index in [2.05, 4.69) is 39.5 Å². The molecule has 0 aromatic heterocycles. The zero-order valence-corrected chi connectivity index (χ0v) is 10.5. The van der Waals surface area contributed by atoms with Crippen LogP contribution in [0.15, 0.2) is 11.6 Å². The monoisotopic (exact) mass is 210 g/mol. The molecule has 0 amide bonds. The fraction of sp³-hybridized carbons (Fsp3) is 0.846. The summed E-state index contributed by atoms with van der Waals surface area (Å²) in [6, 6.07) is 0. The summed E-state index contributed by atoms with van der Waals surface area (Å²) >= 11 is 4.63. The molecular weight excluding hydrogens is 188 g/mol. The maximum Gasteiger partial charge on any atom is 0.00545 e. The fourth-order valence-corrected chi connectivity index (χ4v) is 3.54. The van der Waals surface area contributed by atoms with Gasteiger partial charge in [0, 0.05) is 5.25 Å². The normalized spacial score (nSPS) is 48.3. The van der Waals surface area contributed by atoms with E-state index >= 15 is 0 Å². The Morgan fingerprint density at radius 3 is 2.86 bits per heavy atom. The SMILES string of the molecule is CC1CC=C2C[C@@H](S)CC[C@]2(C)C1C. The van der Waals surface area contributed by atoms with E-state index in [9.17, 15) is 0 Å². The third-order valence-electron chi connectivity index (χ3n) is 4.78. The second-order valence-electron chi connectivity index (χ2n) is 5.55. The quantitative estimate of drug-likeness (QED) is 0.452. The van der Waals surface area contributed by atoms with Crippen molar-refractivity contribution in [2.75, 3.05) is 0 Å². The molecule has 0 bridgehead atoms. The predicted octanol–water partition coefficient (Wildman–Crippen LogP) is 4.08. The molecule has 4 atom stereocenters. The van der Waals surface area contributed by atoms with E-state index in [1.54, 1.807) is 5.57 Å². The van der Waals surface area contributed by atoms with E-state index in [0.29, 0.717) is 10.7 Å². The molecule has 2 unspecified atom stereocenters. The van der Waals surface area contributed by atoms with Crippen molar-refractivity contribution >= 4 is 12.6 Å². The van der Waals surface area contributed by atoms with E-state index in [-0.39, 0.29) is 0 Å². The van der Waals surface area contributed by atoms with E-state index in [4.69, 9.17) is 0 Å². The summed E-state index contributed by atoms with van der Waals surface area (Å²) in [5.41, 5.74) is 2.20. The maximum atomic E-state index is 4.63. The largest absolute Gasteiger partial charge is 0.176 e. The molecule has 0 heterocycles. The first-order valence-electron chi connectivity index (χ1n) is 5.91. The third-order valence-corrected chi connectivity index (χ3v) is 5.22. The van der Waals surface area contributed by atoms with Crippen molar-refractivity contribution in [3.8, 4) is 0 Å². The lowest BCUT2D eigenvalue weighted by molar-refractivity contribution is 0.134. The number of rotatable bonds is 0. The Kier molecular flexibility index (Phi) is 2.72. The summed E-state index contributed by atoms with van der Waals surface area (Å²) < 4.78 is 0. The highest BCUT2D eigenvalue weighted by Crippen LogP contribution is 2.52. The molecule has 0 aromatic rings. The number of allylic oxidation sites excluding steroid dienone is 2. The first kappa shape index (κ1) is 10.6. The van der Waals surface area contributed by atoms with E-state index < -0.39 is 0 Å². The summed E-state index contributed by atoms with van der Waals surface area (Å²) in [7, 11) is 0. The Morgan fingerprint density at radius 2 is 2.14 bits per heavy atom. The van der Waals surface area contributed by atoms with Crippen molar-refractivity contribution in [2.24, 2.45) is 17.3 Å². The van der Waals surface area contributed by atoms with Gasteiger partial charge < -0.3 is 0 Å². The summed E-state index contributed by atoms with van der Waals surface area (Å²) in [6.45, 7) is 7.31. The number of hydrogen-bond donors (Lipinski definition) is 1. The molecule has 2 aliphatic carbocycles. The van der Waals surface area contributed by atoms with Crippen LogP contribution in [0.3, 0.4) is 0 Å². The third kappa shape index (κ3) is 1.54. The van der Waals surface area contributed by atoms with Gasteiger partial charge in [-0.3, -0.25) is 0 Å². The molecule has 0 radical (unpaired) electrons. The minimum Gasteiger partial charge on any atom is -0.176 e. The van der Waals surface area contributed by atoms with Crippen molar-refractivity contribution in [2.45, 2.75) is 51.7 Å². The minimum absolute atomic E-state index is 0.497. The fourth-order valence-electron chi connectivity index (χ4n) is 3.21. The average Bonchev–Trinajstić information content (AvgIpc) is 2.16. The van der Waals surface area contributed by atoms with E-state index in [0.717, 1.165) is 11.8 Å². The summed E-state index contributed by atoms with van der Waals surface area (Å²) in [5, 5.41) is 0.620. The van der Waals surface area contributed by atoms with Crippen LogP contribution in [-0.4, -0.2) is 5.25 Å². The van der Waals surface area contributed by atoms with Crippen molar-refractivity contribution in [3.63, 3.8) is 0 Å². The molecule has 1 heteroatoms. The Hall–Kier alpha value is 0.0900. The van der Waals surface area contributed by atoms with Crippen LogP contribution in [0.5, 0.6) is 0 Å².